The molecule has 0 radical (unpaired) electrons. The van der Waals surface area contributed by atoms with Crippen LogP contribution in [0.3, 0.4) is 0 Å². The van der Waals surface area contributed by atoms with E-state index in [9.17, 15) is 4.79 Å². The van der Waals surface area contributed by atoms with Crippen LogP contribution < -0.4 is 10.2 Å². The van der Waals surface area contributed by atoms with Gasteiger partial charge < -0.3 is 14.6 Å². The second kappa shape index (κ2) is 4.52. The molecule has 94 valence electrons. The Bertz CT molecular complexity index is 422. The van der Waals surface area contributed by atoms with Gasteiger partial charge in [0.05, 0.1) is 5.41 Å². The summed E-state index contributed by atoms with van der Waals surface area (Å²) >= 11 is 5.60. The molecule has 6 nitrogen and oxygen atoms in total. The summed E-state index contributed by atoms with van der Waals surface area (Å²) in [6.45, 7) is 3.25. The number of nitrogens with zero attached hydrogens (tertiary/aromatic N) is 3. The van der Waals surface area contributed by atoms with Gasteiger partial charge in [0.2, 0.25) is 11.8 Å². The van der Waals surface area contributed by atoms with Crippen molar-refractivity contribution in [2.75, 3.05) is 25.0 Å². The molecule has 0 spiro atoms. The number of rotatable bonds is 3. The number of carbonyl (C=O) groups excluding carboxylic acids is 1. The maximum Gasteiger partial charge on any atom is 0.318 e. The van der Waals surface area contributed by atoms with Crippen LogP contribution >= 0.6 is 11.6 Å². The minimum absolute atomic E-state index is 0.0390. The van der Waals surface area contributed by atoms with Crippen LogP contribution in [0.1, 0.15) is 19.2 Å². The summed E-state index contributed by atoms with van der Waals surface area (Å²) in [7, 11) is 1.65. The zero-order chi connectivity index (χ0) is 12.5. The van der Waals surface area contributed by atoms with Gasteiger partial charge in [0.15, 0.2) is 0 Å². The molecule has 0 saturated carbocycles. The van der Waals surface area contributed by atoms with Crippen LogP contribution in [-0.2, 0) is 10.7 Å². The number of carbonyl (C=O) groups is 1. The van der Waals surface area contributed by atoms with Crippen molar-refractivity contribution in [1.29, 1.82) is 0 Å². The SMILES string of the molecule is CNC(=O)C1(C)CCN(c2nnc(CCl)o2)C1. The van der Waals surface area contributed by atoms with Crippen molar-refractivity contribution in [3.63, 3.8) is 0 Å². The zero-order valence-corrected chi connectivity index (χ0v) is 10.6. The molecule has 1 aromatic rings. The summed E-state index contributed by atoms with van der Waals surface area (Å²) in [6, 6.07) is 0.438. The maximum atomic E-state index is 11.7. The minimum atomic E-state index is -0.398. The van der Waals surface area contributed by atoms with E-state index in [0.717, 1.165) is 13.0 Å². The third kappa shape index (κ3) is 2.22. The first-order valence-electron chi connectivity index (χ1n) is 5.44. The fourth-order valence-electron chi connectivity index (χ4n) is 2.04. The van der Waals surface area contributed by atoms with Gasteiger partial charge in [0.1, 0.15) is 5.88 Å². The van der Waals surface area contributed by atoms with Crippen LogP contribution in [-0.4, -0.2) is 36.2 Å². The number of nitrogens with one attached hydrogen (secondary N) is 1. The molecule has 1 aliphatic heterocycles. The first kappa shape index (κ1) is 12.2. The van der Waals surface area contributed by atoms with E-state index in [1.807, 2.05) is 11.8 Å². The smallest absolute Gasteiger partial charge is 0.318 e. The molecular formula is C10H15ClN4O2. The average Bonchev–Trinajstić information content (AvgIpc) is 2.94. The molecule has 17 heavy (non-hydrogen) atoms. The van der Waals surface area contributed by atoms with Gasteiger partial charge in [0.25, 0.3) is 0 Å². The molecule has 2 heterocycles. The fourth-order valence-corrected chi connectivity index (χ4v) is 2.15. The van der Waals surface area contributed by atoms with E-state index in [1.54, 1.807) is 7.05 Å². The number of amides is 1. The Balaban J connectivity index is 2.09. The van der Waals surface area contributed by atoms with Crippen molar-refractivity contribution in [2.24, 2.45) is 5.41 Å². The number of hydrogen-bond acceptors (Lipinski definition) is 5. The molecule has 1 atom stereocenters. The summed E-state index contributed by atoms with van der Waals surface area (Å²) < 4.78 is 5.36. The lowest BCUT2D eigenvalue weighted by atomic mass is 9.89. The Morgan fingerprint density at radius 2 is 2.41 bits per heavy atom. The number of aromatic nitrogens is 2. The van der Waals surface area contributed by atoms with E-state index in [-0.39, 0.29) is 11.8 Å². The van der Waals surface area contributed by atoms with Crippen LogP contribution in [0.5, 0.6) is 0 Å². The molecular weight excluding hydrogens is 244 g/mol. The fraction of sp³-hybridized carbons (Fsp3) is 0.700. The Morgan fingerprint density at radius 1 is 1.65 bits per heavy atom. The first-order valence-corrected chi connectivity index (χ1v) is 5.98. The van der Waals surface area contributed by atoms with Gasteiger partial charge in [0, 0.05) is 20.1 Å². The lowest BCUT2D eigenvalue weighted by Gasteiger charge is -2.21. The van der Waals surface area contributed by atoms with Gasteiger partial charge in [-0.15, -0.1) is 16.7 Å². The Labute approximate surface area is 104 Å². The minimum Gasteiger partial charge on any atom is -0.407 e. The lowest BCUT2D eigenvalue weighted by Crippen LogP contribution is -2.39. The van der Waals surface area contributed by atoms with Crippen molar-refractivity contribution in [1.82, 2.24) is 15.5 Å². The van der Waals surface area contributed by atoms with Gasteiger partial charge in [-0.1, -0.05) is 5.10 Å². The molecule has 0 aliphatic carbocycles. The number of hydrogen-bond donors (Lipinski definition) is 1. The van der Waals surface area contributed by atoms with Crippen LogP contribution in [0.4, 0.5) is 6.01 Å². The summed E-state index contributed by atoms with van der Waals surface area (Å²) in [5.74, 6) is 0.639. The van der Waals surface area contributed by atoms with E-state index in [4.69, 9.17) is 16.0 Å². The Morgan fingerprint density at radius 3 is 3.00 bits per heavy atom. The monoisotopic (exact) mass is 258 g/mol. The molecule has 7 heteroatoms. The molecule has 1 saturated heterocycles. The van der Waals surface area contributed by atoms with E-state index in [0.29, 0.717) is 18.5 Å². The number of anilines is 1. The van der Waals surface area contributed by atoms with E-state index in [1.165, 1.54) is 0 Å². The van der Waals surface area contributed by atoms with Crippen LogP contribution in [0, 0.1) is 5.41 Å². The quantitative estimate of drug-likeness (QED) is 0.811. The maximum absolute atomic E-state index is 11.7. The highest BCUT2D eigenvalue weighted by Crippen LogP contribution is 2.32. The highest BCUT2D eigenvalue weighted by atomic mass is 35.5. The van der Waals surface area contributed by atoms with E-state index >= 15 is 0 Å². The van der Waals surface area contributed by atoms with Crippen molar-refractivity contribution >= 4 is 23.5 Å². The third-order valence-electron chi connectivity index (χ3n) is 3.09. The standard InChI is InChI=1S/C10H15ClN4O2/c1-10(8(16)12-2)3-4-15(6-10)9-14-13-7(5-11)17-9/h3-6H2,1-2H3,(H,12,16). The van der Waals surface area contributed by atoms with Gasteiger partial charge in [-0.3, -0.25) is 4.79 Å². The van der Waals surface area contributed by atoms with Gasteiger partial charge in [-0.25, -0.2) is 0 Å². The molecule has 2 rings (SSSR count). The third-order valence-corrected chi connectivity index (χ3v) is 3.32. The topological polar surface area (TPSA) is 71.3 Å². The number of alkyl halides is 1. The molecule has 1 unspecified atom stereocenters. The van der Waals surface area contributed by atoms with Crippen molar-refractivity contribution in [2.45, 2.75) is 19.2 Å². The average molecular weight is 259 g/mol. The first-order chi connectivity index (χ1) is 8.09. The summed E-state index contributed by atoms with van der Waals surface area (Å²) in [4.78, 5) is 13.7. The summed E-state index contributed by atoms with van der Waals surface area (Å²) in [5, 5.41) is 10.4. The normalized spacial score (nSPS) is 24.1. The second-order valence-electron chi connectivity index (χ2n) is 4.42. The van der Waals surface area contributed by atoms with E-state index < -0.39 is 5.41 Å². The summed E-state index contributed by atoms with van der Waals surface area (Å²) in [5.41, 5.74) is -0.398. The van der Waals surface area contributed by atoms with Crippen molar-refractivity contribution < 1.29 is 9.21 Å². The van der Waals surface area contributed by atoms with Crippen LogP contribution in [0.2, 0.25) is 0 Å². The lowest BCUT2D eigenvalue weighted by molar-refractivity contribution is -0.128. The van der Waals surface area contributed by atoms with Gasteiger partial charge in [-0.05, 0) is 13.3 Å². The molecule has 0 bridgehead atoms. The predicted molar refractivity (Wildman–Crippen MR) is 62.9 cm³/mol. The summed E-state index contributed by atoms with van der Waals surface area (Å²) in [6.07, 6.45) is 0.769. The predicted octanol–water partition coefficient (Wildman–Crippen LogP) is 0.771. The van der Waals surface area contributed by atoms with E-state index in [2.05, 4.69) is 15.5 Å². The Hall–Kier alpha value is -1.30. The molecule has 1 fully saturated rings. The van der Waals surface area contributed by atoms with Crippen molar-refractivity contribution in [3.8, 4) is 0 Å². The molecule has 1 N–H and O–H groups in total. The second-order valence-corrected chi connectivity index (χ2v) is 4.69. The molecule has 1 amide bonds. The highest BCUT2D eigenvalue weighted by Gasteiger charge is 2.41. The largest absolute Gasteiger partial charge is 0.407 e. The molecule has 1 aliphatic rings. The number of halogens is 1. The zero-order valence-electron chi connectivity index (χ0n) is 9.86. The van der Waals surface area contributed by atoms with Gasteiger partial charge in [-0.2, -0.15) is 0 Å². The van der Waals surface area contributed by atoms with Crippen molar-refractivity contribution in [3.05, 3.63) is 5.89 Å². The molecule has 1 aromatic heterocycles. The Kier molecular flexibility index (Phi) is 3.24. The highest BCUT2D eigenvalue weighted by molar-refractivity contribution is 6.16. The van der Waals surface area contributed by atoms with Crippen LogP contribution in [0.15, 0.2) is 4.42 Å². The van der Waals surface area contributed by atoms with Crippen LogP contribution in [0.25, 0.3) is 0 Å². The molecule has 0 aromatic carbocycles. The van der Waals surface area contributed by atoms with Gasteiger partial charge >= 0.3 is 6.01 Å².